The topological polar surface area (TPSA) is 29.1 Å². The zero-order valence-electron chi connectivity index (χ0n) is 9.05. The zero-order valence-corrected chi connectivity index (χ0v) is 10.6. The molecular formula is C9H20Cl2N2O. The fourth-order valence-electron chi connectivity index (χ4n) is 0.837. The molecule has 3 nitrogen and oxygen atoms in total. The molecule has 0 aromatic carbocycles. The molecule has 14 heavy (non-hydrogen) atoms. The molecule has 0 aliphatic rings. The number of amides is 1. The number of nitrogens with one attached hydrogen (secondary N) is 1. The minimum atomic E-state index is -0.0867. The Morgan fingerprint density at radius 2 is 1.93 bits per heavy atom. The fraction of sp³-hybridized carbons (Fsp3) is 0.667. The number of carbonyl (C=O) groups excluding carboxylic acids is 1. The zero-order chi connectivity index (χ0) is 9.61. The van der Waals surface area contributed by atoms with Crippen molar-refractivity contribution >= 4 is 18.3 Å². The van der Waals surface area contributed by atoms with Crippen molar-refractivity contribution in [3.05, 3.63) is 12.7 Å². The normalized spacial score (nSPS) is 9.36. The number of nitrogens with zero attached hydrogens (tertiary/aromatic N) is 1. The molecule has 0 rings (SSSR count). The van der Waals surface area contributed by atoms with E-state index in [2.05, 4.69) is 33.0 Å². The highest BCUT2D eigenvalue weighted by atomic mass is 35.5. The maximum Gasteiger partial charge on any atom is 0.243 e. The van der Waals surface area contributed by atoms with Crippen LogP contribution in [0.3, 0.4) is 0 Å². The number of rotatable bonds is 5. The van der Waals surface area contributed by atoms with Gasteiger partial charge in [0.1, 0.15) is 0 Å². The highest BCUT2D eigenvalue weighted by molar-refractivity contribution is 5.86. The van der Waals surface area contributed by atoms with Crippen LogP contribution < -0.4 is 17.7 Å². The second-order valence-corrected chi connectivity index (χ2v) is 3.86. The van der Waals surface area contributed by atoms with Crippen molar-refractivity contribution in [2.45, 2.75) is 6.42 Å². The third-order valence-electron chi connectivity index (χ3n) is 1.49. The third-order valence-corrected chi connectivity index (χ3v) is 1.49. The Morgan fingerprint density at radius 3 is 2.29 bits per heavy atom. The number of halogens is 2. The van der Waals surface area contributed by atoms with E-state index < -0.39 is 0 Å². The molecule has 0 aromatic heterocycles. The molecule has 5 heteroatoms. The first-order valence-corrected chi connectivity index (χ1v) is 4.16. The lowest BCUT2D eigenvalue weighted by molar-refractivity contribution is -0.870. The fourth-order valence-corrected chi connectivity index (χ4v) is 0.837. The molecule has 0 aliphatic carbocycles. The summed E-state index contributed by atoms with van der Waals surface area (Å²) in [7, 11) is 6.40. The van der Waals surface area contributed by atoms with Crippen molar-refractivity contribution in [2.24, 2.45) is 0 Å². The molecule has 86 valence electrons. The molecule has 0 saturated heterocycles. The first kappa shape index (κ1) is 19.3. The lowest BCUT2D eigenvalue weighted by atomic mass is 10.3. The molecule has 0 heterocycles. The smallest absolute Gasteiger partial charge is 0.243 e. The van der Waals surface area contributed by atoms with E-state index in [1.807, 2.05) is 0 Å². The molecule has 0 aromatic rings. The maximum atomic E-state index is 10.7. The van der Waals surface area contributed by atoms with Crippen LogP contribution in [0.25, 0.3) is 0 Å². The van der Waals surface area contributed by atoms with Crippen molar-refractivity contribution in [1.82, 2.24) is 5.32 Å². The minimum Gasteiger partial charge on any atom is -1.00 e. The number of carbonyl (C=O) groups is 1. The second-order valence-electron chi connectivity index (χ2n) is 3.86. The summed E-state index contributed by atoms with van der Waals surface area (Å²) >= 11 is 0. The van der Waals surface area contributed by atoms with E-state index >= 15 is 0 Å². The minimum absolute atomic E-state index is 0. The Labute approximate surface area is 99.0 Å². The van der Waals surface area contributed by atoms with Gasteiger partial charge in [0.25, 0.3) is 0 Å². The van der Waals surface area contributed by atoms with Crippen LogP contribution in [-0.4, -0.2) is 44.6 Å². The highest BCUT2D eigenvalue weighted by Crippen LogP contribution is 1.91. The predicted molar refractivity (Wildman–Crippen MR) is 58.0 cm³/mol. The summed E-state index contributed by atoms with van der Waals surface area (Å²) in [6.07, 6.45) is 2.30. The predicted octanol–water partition coefficient (Wildman–Crippen LogP) is -2.19. The van der Waals surface area contributed by atoms with Crippen LogP contribution in [0.5, 0.6) is 0 Å². The summed E-state index contributed by atoms with van der Waals surface area (Å²) in [5, 5.41) is 2.74. The summed E-state index contributed by atoms with van der Waals surface area (Å²) in [6, 6.07) is 0. The standard InChI is InChI=1S/C9H18N2O.2ClH/c1-5-9(12)10-7-6-8-11(2,3)4;;/h5H,1,6-8H2,2-4H3;2*1H. The van der Waals surface area contributed by atoms with Crippen molar-refractivity contribution in [3.8, 4) is 0 Å². The van der Waals surface area contributed by atoms with Gasteiger partial charge >= 0.3 is 0 Å². The summed E-state index contributed by atoms with van der Waals surface area (Å²) in [5.41, 5.74) is 0. The van der Waals surface area contributed by atoms with E-state index in [1.54, 1.807) is 0 Å². The molecule has 0 bridgehead atoms. The van der Waals surface area contributed by atoms with Crippen LogP contribution >= 0.6 is 12.4 Å². The second kappa shape index (κ2) is 9.31. The van der Waals surface area contributed by atoms with Gasteiger partial charge in [-0.05, 0) is 6.08 Å². The first-order valence-electron chi connectivity index (χ1n) is 4.16. The van der Waals surface area contributed by atoms with Crippen molar-refractivity contribution < 1.29 is 21.7 Å². The van der Waals surface area contributed by atoms with Gasteiger partial charge in [0, 0.05) is 13.0 Å². The van der Waals surface area contributed by atoms with Gasteiger partial charge in [-0.15, -0.1) is 12.4 Å². The third kappa shape index (κ3) is 14.3. The molecule has 0 fully saturated rings. The molecule has 0 aliphatic heterocycles. The summed E-state index contributed by atoms with van der Waals surface area (Å²) in [6.45, 7) is 5.18. The van der Waals surface area contributed by atoms with Crippen molar-refractivity contribution in [2.75, 3.05) is 34.2 Å². The Balaban J connectivity index is -0.000000605. The van der Waals surface area contributed by atoms with Gasteiger partial charge < -0.3 is 22.2 Å². The van der Waals surface area contributed by atoms with E-state index in [-0.39, 0.29) is 30.7 Å². The SMILES string of the molecule is C=CC(=O)NCCC[N+](C)(C)C.Cl.[Cl-]. The van der Waals surface area contributed by atoms with Gasteiger partial charge in [-0.3, -0.25) is 4.79 Å². The van der Waals surface area contributed by atoms with Gasteiger partial charge in [0.15, 0.2) is 0 Å². The van der Waals surface area contributed by atoms with Crippen LogP contribution in [0.15, 0.2) is 12.7 Å². The highest BCUT2D eigenvalue weighted by Gasteiger charge is 2.05. The summed E-state index contributed by atoms with van der Waals surface area (Å²) in [4.78, 5) is 10.7. The summed E-state index contributed by atoms with van der Waals surface area (Å²) < 4.78 is 0.934. The Kier molecular flexibility index (Phi) is 12.9. The van der Waals surface area contributed by atoms with Crippen LogP contribution in [0.1, 0.15) is 6.42 Å². The van der Waals surface area contributed by atoms with Gasteiger partial charge in [-0.25, -0.2) is 0 Å². The van der Waals surface area contributed by atoms with Crippen molar-refractivity contribution in [3.63, 3.8) is 0 Å². The maximum absolute atomic E-state index is 10.7. The van der Waals surface area contributed by atoms with Gasteiger partial charge in [-0.2, -0.15) is 0 Å². The van der Waals surface area contributed by atoms with E-state index in [1.165, 1.54) is 6.08 Å². The Morgan fingerprint density at radius 1 is 1.43 bits per heavy atom. The molecule has 0 unspecified atom stereocenters. The van der Waals surface area contributed by atoms with Crippen molar-refractivity contribution in [1.29, 1.82) is 0 Å². The quantitative estimate of drug-likeness (QED) is 0.332. The molecule has 0 radical (unpaired) electrons. The number of quaternary nitrogens is 1. The lowest BCUT2D eigenvalue weighted by Gasteiger charge is -2.23. The van der Waals surface area contributed by atoms with E-state index in [0.717, 1.165) is 24.0 Å². The molecular weight excluding hydrogens is 223 g/mol. The van der Waals surface area contributed by atoms with Crippen LogP contribution in [0.4, 0.5) is 0 Å². The Bertz CT molecular complexity index is 167. The van der Waals surface area contributed by atoms with E-state index in [0.29, 0.717) is 0 Å². The van der Waals surface area contributed by atoms with E-state index in [9.17, 15) is 4.79 Å². The lowest BCUT2D eigenvalue weighted by Crippen LogP contribution is -3.00. The van der Waals surface area contributed by atoms with Crippen LogP contribution in [0, 0.1) is 0 Å². The molecule has 1 N–H and O–H groups in total. The number of hydrogen-bond acceptors (Lipinski definition) is 1. The van der Waals surface area contributed by atoms with Gasteiger partial charge in [0.05, 0.1) is 27.7 Å². The summed E-state index contributed by atoms with van der Waals surface area (Å²) in [5.74, 6) is -0.0867. The molecule has 0 atom stereocenters. The van der Waals surface area contributed by atoms with Gasteiger partial charge in [-0.1, -0.05) is 6.58 Å². The molecule has 1 amide bonds. The van der Waals surface area contributed by atoms with Crippen LogP contribution in [-0.2, 0) is 4.79 Å². The molecule has 0 spiro atoms. The number of hydrogen-bond donors (Lipinski definition) is 1. The van der Waals surface area contributed by atoms with Crippen LogP contribution in [0.2, 0.25) is 0 Å². The van der Waals surface area contributed by atoms with E-state index in [4.69, 9.17) is 0 Å². The average molecular weight is 243 g/mol. The average Bonchev–Trinajstić information content (AvgIpc) is 1.96. The largest absolute Gasteiger partial charge is 1.00 e. The Hall–Kier alpha value is -0.250. The molecule has 0 saturated carbocycles. The monoisotopic (exact) mass is 242 g/mol. The first-order chi connectivity index (χ1) is 5.45. The van der Waals surface area contributed by atoms with Gasteiger partial charge in [0.2, 0.25) is 5.91 Å².